The first-order valence-electron chi connectivity index (χ1n) is 11.4. The van der Waals surface area contributed by atoms with Crippen LogP contribution in [0.25, 0.3) is 0 Å². The maximum Gasteiger partial charge on any atom is 0.226 e. The summed E-state index contributed by atoms with van der Waals surface area (Å²) in [6.45, 7) is 1.99. The third-order valence-electron chi connectivity index (χ3n) is 7.24. The average Bonchev–Trinajstić information content (AvgIpc) is 3.20. The van der Waals surface area contributed by atoms with Crippen LogP contribution < -0.4 is 10.1 Å². The Bertz CT molecular complexity index is 933. The molecule has 0 unspecified atom stereocenters. The molecule has 0 saturated heterocycles. The Kier molecular flexibility index (Phi) is 5.54. The molecular formula is C24H29N3O3S. The highest BCUT2D eigenvalue weighted by molar-refractivity contribution is 7.15. The molecule has 4 saturated carbocycles. The van der Waals surface area contributed by atoms with E-state index in [1.54, 1.807) is 42.5 Å². The highest BCUT2D eigenvalue weighted by atomic mass is 32.1. The maximum absolute atomic E-state index is 12.3. The summed E-state index contributed by atoms with van der Waals surface area (Å²) in [5, 5.41) is 13.5. The van der Waals surface area contributed by atoms with Gasteiger partial charge in [-0.3, -0.25) is 9.59 Å². The summed E-state index contributed by atoms with van der Waals surface area (Å²) >= 11 is 1.58. The number of anilines is 1. The molecule has 0 spiro atoms. The maximum atomic E-state index is 12.3. The molecule has 2 aromatic rings. The zero-order chi connectivity index (χ0) is 21.4. The third kappa shape index (κ3) is 4.38. The smallest absolute Gasteiger partial charge is 0.226 e. The molecule has 7 heteroatoms. The molecule has 31 heavy (non-hydrogen) atoms. The number of hydrogen-bond acceptors (Lipinski definition) is 6. The van der Waals surface area contributed by atoms with E-state index in [4.69, 9.17) is 4.74 Å². The minimum Gasteiger partial charge on any atom is -0.494 e. The SMILES string of the molecule is CC(=O)c1ccc(OCCCC(=O)Nc2nnc(C34CC5CC(CC(C5)C3)C4)s2)cc1. The number of carbonyl (C=O) groups is 2. The Morgan fingerprint density at radius 1 is 1.06 bits per heavy atom. The summed E-state index contributed by atoms with van der Waals surface area (Å²) in [5.74, 6) is 3.29. The lowest BCUT2D eigenvalue weighted by atomic mass is 9.50. The first-order chi connectivity index (χ1) is 15.0. The van der Waals surface area contributed by atoms with Gasteiger partial charge in [0, 0.05) is 17.4 Å². The zero-order valence-corrected chi connectivity index (χ0v) is 18.7. The van der Waals surface area contributed by atoms with Gasteiger partial charge in [-0.1, -0.05) is 11.3 Å². The second-order valence-electron chi connectivity index (χ2n) is 9.69. The molecule has 0 aliphatic heterocycles. The van der Waals surface area contributed by atoms with Crippen LogP contribution in [-0.4, -0.2) is 28.5 Å². The van der Waals surface area contributed by atoms with E-state index >= 15 is 0 Å². The summed E-state index contributed by atoms with van der Waals surface area (Å²) in [6, 6.07) is 7.07. The van der Waals surface area contributed by atoms with Crippen molar-refractivity contribution in [1.82, 2.24) is 10.2 Å². The first-order valence-corrected chi connectivity index (χ1v) is 12.2. The van der Waals surface area contributed by atoms with Gasteiger partial charge in [-0.05, 0) is 93.9 Å². The van der Waals surface area contributed by atoms with Crippen molar-refractivity contribution in [2.75, 3.05) is 11.9 Å². The molecule has 1 aromatic heterocycles. The van der Waals surface area contributed by atoms with Gasteiger partial charge in [-0.2, -0.15) is 0 Å². The molecule has 4 bridgehead atoms. The van der Waals surface area contributed by atoms with Crippen LogP contribution in [0.15, 0.2) is 24.3 Å². The van der Waals surface area contributed by atoms with Crippen LogP contribution in [0.1, 0.15) is 73.7 Å². The first kappa shape index (κ1) is 20.6. The van der Waals surface area contributed by atoms with E-state index in [0.717, 1.165) is 22.8 Å². The number of nitrogens with zero attached hydrogens (tertiary/aromatic N) is 2. The molecular weight excluding hydrogens is 410 g/mol. The second-order valence-corrected chi connectivity index (χ2v) is 10.7. The summed E-state index contributed by atoms with van der Waals surface area (Å²) in [7, 11) is 0. The monoisotopic (exact) mass is 439 g/mol. The Morgan fingerprint density at radius 3 is 2.32 bits per heavy atom. The number of hydrogen-bond donors (Lipinski definition) is 1. The van der Waals surface area contributed by atoms with Crippen molar-refractivity contribution in [2.45, 2.75) is 63.7 Å². The lowest BCUT2D eigenvalue weighted by Crippen LogP contribution is -2.48. The Labute approximate surface area is 186 Å². The van der Waals surface area contributed by atoms with Gasteiger partial charge in [0.25, 0.3) is 0 Å². The minimum atomic E-state index is -0.0521. The fourth-order valence-corrected chi connectivity index (χ4v) is 7.23. The van der Waals surface area contributed by atoms with Gasteiger partial charge < -0.3 is 10.1 Å². The van der Waals surface area contributed by atoms with Gasteiger partial charge in [0.1, 0.15) is 10.8 Å². The number of amides is 1. The molecule has 6 rings (SSSR count). The largest absolute Gasteiger partial charge is 0.494 e. The van der Waals surface area contributed by atoms with E-state index in [9.17, 15) is 9.59 Å². The van der Waals surface area contributed by atoms with Crippen molar-refractivity contribution < 1.29 is 14.3 Å². The van der Waals surface area contributed by atoms with Crippen molar-refractivity contribution in [3.05, 3.63) is 34.8 Å². The summed E-state index contributed by atoms with van der Waals surface area (Å²) < 4.78 is 5.67. The van der Waals surface area contributed by atoms with Gasteiger partial charge in [-0.15, -0.1) is 10.2 Å². The van der Waals surface area contributed by atoms with Crippen LogP contribution in [0.2, 0.25) is 0 Å². The number of aromatic nitrogens is 2. The quantitative estimate of drug-likeness (QED) is 0.462. The molecule has 1 amide bonds. The van der Waals surface area contributed by atoms with E-state index in [1.165, 1.54) is 38.5 Å². The molecule has 0 radical (unpaired) electrons. The zero-order valence-electron chi connectivity index (χ0n) is 17.9. The second kappa shape index (κ2) is 8.34. The number of Topliss-reactive ketones (excluding diaryl/α,β-unsaturated/α-hetero) is 1. The Balaban J connectivity index is 1.09. The molecule has 4 fully saturated rings. The van der Waals surface area contributed by atoms with E-state index in [0.29, 0.717) is 35.9 Å². The van der Waals surface area contributed by atoms with Crippen LogP contribution >= 0.6 is 11.3 Å². The normalized spacial score (nSPS) is 28.5. The van der Waals surface area contributed by atoms with E-state index in [1.807, 2.05) is 0 Å². The Hall–Kier alpha value is -2.28. The lowest BCUT2D eigenvalue weighted by Gasteiger charge is -2.55. The van der Waals surface area contributed by atoms with Gasteiger partial charge in [0.2, 0.25) is 11.0 Å². The lowest BCUT2D eigenvalue weighted by molar-refractivity contribution is -0.116. The van der Waals surface area contributed by atoms with E-state index in [2.05, 4.69) is 15.5 Å². The topological polar surface area (TPSA) is 81.2 Å². The van der Waals surface area contributed by atoms with Crippen LogP contribution in [0.4, 0.5) is 5.13 Å². The Morgan fingerprint density at radius 2 is 1.71 bits per heavy atom. The van der Waals surface area contributed by atoms with Gasteiger partial charge in [0.15, 0.2) is 5.78 Å². The number of ether oxygens (including phenoxy) is 1. The van der Waals surface area contributed by atoms with E-state index < -0.39 is 0 Å². The molecule has 0 atom stereocenters. The van der Waals surface area contributed by atoms with Crippen molar-refractivity contribution in [3.8, 4) is 5.75 Å². The molecule has 1 N–H and O–H groups in total. The molecule has 164 valence electrons. The van der Waals surface area contributed by atoms with Crippen molar-refractivity contribution in [3.63, 3.8) is 0 Å². The van der Waals surface area contributed by atoms with Crippen molar-refractivity contribution in [2.24, 2.45) is 17.8 Å². The highest BCUT2D eigenvalue weighted by Crippen LogP contribution is 2.61. The third-order valence-corrected chi connectivity index (χ3v) is 8.33. The van der Waals surface area contributed by atoms with Crippen LogP contribution in [-0.2, 0) is 10.2 Å². The number of carbonyl (C=O) groups excluding carboxylic acids is 2. The molecule has 4 aliphatic rings. The standard InChI is InChI=1S/C24H29N3O3S/c1-15(28)19-4-6-20(7-5-19)30-8-2-3-21(29)25-23-27-26-22(31-23)24-12-16-9-17(13-24)11-18(10-16)14-24/h4-7,16-18H,2-3,8-14H2,1H3,(H,25,27,29). The fraction of sp³-hybridized carbons (Fsp3) is 0.583. The van der Waals surface area contributed by atoms with Gasteiger partial charge in [0.05, 0.1) is 6.61 Å². The van der Waals surface area contributed by atoms with E-state index in [-0.39, 0.29) is 17.1 Å². The number of benzene rings is 1. The van der Waals surface area contributed by atoms with Gasteiger partial charge >= 0.3 is 0 Å². The summed E-state index contributed by atoms with van der Waals surface area (Å²) in [6.07, 6.45) is 8.98. The molecule has 1 heterocycles. The summed E-state index contributed by atoms with van der Waals surface area (Å²) in [4.78, 5) is 23.6. The van der Waals surface area contributed by atoms with Gasteiger partial charge in [-0.25, -0.2) is 0 Å². The predicted octanol–water partition coefficient (Wildman–Crippen LogP) is 5.01. The fourth-order valence-electron chi connectivity index (χ4n) is 6.25. The molecule has 6 nitrogen and oxygen atoms in total. The predicted molar refractivity (Wildman–Crippen MR) is 120 cm³/mol. The number of ketones is 1. The van der Waals surface area contributed by atoms with Crippen molar-refractivity contribution >= 4 is 28.2 Å². The average molecular weight is 440 g/mol. The molecule has 4 aliphatic carbocycles. The number of rotatable bonds is 8. The molecule has 1 aromatic carbocycles. The van der Waals surface area contributed by atoms with Crippen LogP contribution in [0.5, 0.6) is 5.75 Å². The highest BCUT2D eigenvalue weighted by Gasteiger charge is 2.53. The van der Waals surface area contributed by atoms with Crippen molar-refractivity contribution in [1.29, 1.82) is 0 Å². The minimum absolute atomic E-state index is 0.0336. The number of nitrogens with one attached hydrogen (secondary N) is 1. The van der Waals surface area contributed by atoms with Crippen LogP contribution in [0.3, 0.4) is 0 Å². The van der Waals surface area contributed by atoms with Crippen LogP contribution in [0, 0.1) is 17.8 Å². The summed E-state index contributed by atoms with van der Waals surface area (Å²) in [5.41, 5.74) is 0.887.